The highest BCUT2D eigenvalue weighted by Crippen LogP contribution is 2.20. The second-order valence-electron chi connectivity index (χ2n) is 4.39. The molecular formula is C13H18INO2. The fourth-order valence-electron chi connectivity index (χ4n) is 1.68. The van der Waals surface area contributed by atoms with Crippen LogP contribution in [0.25, 0.3) is 0 Å². The van der Waals surface area contributed by atoms with Crippen molar-refractivity contribution in [3.63, 3.8) is 0 Å². The van der Waals surface area contributed by atoms with Crippen molar-refractivity contribution < 1.29 is 9.90 Å². The minimum atomic E-state index is -0.207. The van der Waals surface area contributed by atoms with E-state index in [1.54, 1.807) is 18.2 Å². The molecule has 0 aliphatic rings. The topological polar surface area (TPSA) is 49.3 Å². The number of hydrogen-bond acceptors (Lipinski definition) is 2. The van der Waals surface area contributed by atoms with Crippen molar-refractivity contribution in [1.82, 2.24) is 5.32 Å². The molecule has 94 valence electrons. The first-order valence-electron chi connectivity index (χ1n) is 5.75. The summed E-state index contributed by atoms with van der Waals surface area (Å²) >= 11 is 2.12. The van der Waals surface area contributed by atoms with Crippen LogP contribution in [0, 0.1) is 9.49 Å². The Labute approximate surface area is 116 Å². The average molecular weight is 347 g/mol. The molecule has 0 fully saturated rings. The summed E-state index contributed by atoms with van der Waals surface area (Å²) in [5.74, 6) is 0.206. The number of hydrogen-bond donors (Lipinski definition) is 2. The fraction of sp³-hybridized carbons (Fsp3) is 0.462. The maximum Gasteiger partial charge on any atom is 0.255 e. The maximum atomic E-state index is 12.0. The van der Waals surface area contributed by atoms with E-state index in [0.717, 1.165) is 9.99 Å². The Morgan fingerprint density at radius 2 is 2.12 bits per heavy atom. The summed E-state index contributed by atoms with van der Waals surface area (Å²) in [6.07, 6.45) is 0.883. The van der Waals surface area contributed by atoms with Crippen molar-refractivity contribution in [3.05, 3.63) is 27.3 Å². The third-order valence-corrected chi connectivity index (χ3v) is 3.44. The number of benzene rings is 1. The smallest absolute Gasteiger partial charge is 0.255 e. The monoisotopic (exact) mass is 347 g/mol. The minimum Gasteiger partial charge on any atom is -0.507 e. The highest BCUT2D eigenvalue weighted by atomic mass is 127. The van der Waals surface area contributed by atoms with E-state index in [0.29, 0.717) is 11.5 Å². The van der Waals surface area contributed by atoms with E-state index >= 15 is 0 Å². The Bertz CT molecular complexity index is 404. The van der Waals surface area contributed by atoms with Crippen LogP contribution < -0.4 is 5.32 Å². The Balaban J connectivity index is 2.86. The minimum absolute atomic E-state index is 0.0292. The second kappa shape index (κ2) is 6.23. The molecule has 1 aromatic carbocycles. The first-order valence-corrected chi connectivity index (χ1v) is 6.83. The van der Waals surface area contributed by atoms with Gasteiger partial charge in [0.1, 0.15) is 5.75 Å². The lowest BCUT2D eigenvalue weighted by Gasteiger charge is -2.21. The van der Waals surface area contributed by atoms with Crippen LogP contribution in [0.1, 0.15) is 37.6 Å². The van der Waals surface area contributed by atoms with Crippen LogP contribution in [0.4, 0.5) is 0 Å². The summed E-state index contributed by atoms with van der Waals surface area (Å²) in [6.45, 7) is 6.19. The van der Waals surface area contributed by atoms with Crippen LogP contribution in [-0.2, 0) is 0 Å². The van der Waals surface area contributed by atoms with Crippen LogP contribution in [0.3, 0.4) is 0 Å². The van der Waals surface area contributed by atoms with E-state index < -0.39 is 0 Å². The highest BCUT2D eigenvalue weighted by molar-refractivity contribution is 14.1. The van der Waals surface area contributed by atoms with E-state index in [2.05, 4.69) is 41.8 Å². The molecule has 1 atom stereocenters. The van der Waals surface area contributed by atoms with Crippen molar-refractivity contribution in [1.29, 1.82) is 0 Å². The van der Waals surface area contributed by atoms with Gasteiger partial charge in [0.15, 0.2) is 0 Å². The van der Waals surface area contributed by atoms with E-state index in [9.17, 15) is 9.90 Å². The van der Waals surface area contributed by atoms with Crippen LogP contribution >= 0.6 is 22.6 Å². The van der Waals surface area contributed by atoms with Gasteiger partial charge in [0.2, 0.25) is 0 Å². The molecule has 0 saturated heterocycles. The number of phenols is 1. The molecule has 2 N–H and O–H groups in total. The molecule has 1 aromatic rings. The van der Waals surface area contributed by atoms with Gasteiger partial charge < -0.3 is 10.4 Å². The van der Waals surface area contributed by atoms with Gasteiger partial charge in [0.25, 0.3) is 5.91 Å². The summed E-state index contributed by atoms with van der Waals surface area (Å²) in [4.78, 5) is 12.0. The van der Waals surface area contributed by atoms with Crippen LogP contribution in [-0.4, -0.2) is 17.1 Å². The Morgan fingerprint density at radius 3 is 2.65 bits per heavy atom. The van der Waals surface area contributed by atoms with Gasteiger partial charge in [-0.05, 0) is 53.1 Å². The van der Waals surface area contributed by atoms with E-state index in [-0.39, 0.29) is 17.7 Å². The standard InChI is InChI=1S/C13H18INO2/c1-4-11(8(2)3)15-13(17)10-7-9(14)5-6-12(10)16/h5-8,11,16H,4H2,1-3H3,(H,15,17). The largest absolute Gasteiger partial charge is 0.507 e. The van der Waals surface area contributed by atoms with Gasteiger partial charge in [-0.15, -0.1) is 0 Å². The van der Waals surface area contributed by atoms with Crippen LogP contribution in [0.5, 0.6) is 5.75 Å². The highest BCUT2D eigenvalue weighted by Gasteiger charge is 2.17. The van der Waals surface area contributed by atoms with Crippen LogP contribution in [0.2, 0.25) is 0 Å². The Morgan fingerprint density at radius 1 is 1.47 bits per heavy atom. The molecule has 4 heteroatoms. The number of amides is 1. The second-order valence-corrected chi connectivity index (χ2v) is 5.64. The first kappa shape index (κ1) is 14.3. The molecule has 1 amide bonds. The van der Waals surface area contributed by atoms with Gasteiger partial charge in [-0.3, -0.25) is 4.79 Å². The van der Waals surface area contributed by atoms with Crippen molar-refractivity contribution in [2.24, 2.45) is 5.92 Å². The lowest BCUT2D eigenvalue weighted by molar-refractivity contribution is 0.0922. The summed E-state index contributed by atoms with van der Waals surface area (Å²) in [6, 6.07) is 5.15. The quantitative estimate of drug-likeness (QED) is 0.822. The lowest BCUT2D eigenvalue weighted by atomic mass is 10.0. The number of carbonyl (C=O) groups excluding carboxylic acids is 1. The zero-order valence-electron chi connectivity index (χ0n) is 10.3. The number of phenolic OH excluding ortho intramolecular Hbond substituents is 1. The Kier molecular flexibility index (Phi) is 5.24. The molecular weight excluding hydrogens is 329 g/mol. The molecule has 0 bridgehead atoms. The summed E-state index contributed by atoms with van der Waals surface area (Å²) in [5.41, 5.74) is 0.344. The molecule has 0 radical (unpaired) electrons. The maximum absolute atomic E-state index is 12.0. The van der Waals surface area contributed by atoms with Gasteiger partial charge in [-0.1, -0.05) is 20.8 Å². The first-order chi connectivity index (χ1) is 7.95. The summed E-state index contributed by atoms with van der Waals surface area (Å²) in [5, 5.41) is 12.6. The number of rotatable bonds is 4. The van der Waals surface area contributed by atoms with Crippen molar-refractivity contribution in [3.8, 4) is 5.75 Å². The molecule has 0 aliphatic heterocycles. The molecule has 17 heavy (non-hydrogen) atoms. The molecule has 0 aromatic heterocycles. The van der Waals surface area contributed by atoms with E-state index in [1.165, 1.54) is 0 Å². The SMILES string of the molecule is CCC(NC(=O)c1cc(I)ccc1O)C(C)C. The Hall–Kier alpha value is -0.780. The molecule has 0 saturated carbocycles. The van der Waals surface area contributed by atoms with Gasteiger partial charge >= 0.3 is 0 Å². The third-order valence-electron chi connectivity index (χ3n) is 2.76. The van der Waals surface area contributed by atoms with Crippen molar-refractivity contribution in [2.45, 2.75) is 33.2 Å². The van der Waals surface area contributed by atoms with Gasteiger partial charge in [0, 0.05) is 9.61 Å². The van der Waals surface area contributed by atoms with Gasteiger partial charge in [-0.2, -0.15) is 0 Å². The predicted molar refractivity (Wildman–Crippen MR) is 77.2 cm³/mol. The number of halogens is 1. The van der Waals surface area contributed by atoms with Crippen LogP contribution in [0.15, 0.2) is 18.2 Å². The number of nitrogens with one attached hydrogen (secondary N) is 1. The lowest BCUT2D eigenvalue weighted by Crippen LogP contribution is -2.38. The van der Waals surface area contributed by atoms with Gasteiger partial charge in [-0.25, -0.2) is 0 Å². The fourth-order valence-corrected chi connectivity index (χ4v) is 2.17. The molecule has 3 nitrogen and oxygen atoms in total. The summed E-state index contributed by atoms with van der Waals surface area (Å²) < 4.78 is 0.933. The zero-order valence-corrected chi connectivity index (χ0v) is 12.5. The normalized spacial score (nSPS) is 12.5. The summed E-state index contributed by atoms with van der Waals surface area (Å²) in [7, 11) is 0. The van der Waals surface area contributed by atoms with Crippen molar-refractivity contribution in [2.75, 3.05) is 0 Å². The number of aromatic hydroxyl groups is 1. The molecule has 0 aliphatic carbocycles. The molecule has 1 unspecified atom stereocenters. The van der Waals surface area contributed by atoms with E-state index in [1.807, 2.05) is 6.92 Å². The zero-order chi connectivity index (χ0) is 13.0. The number of carbonyl (C=O) groups is 1. The molecule has 1 rings (SSSR count). The third kappa shape index (κ3) is 3.87. The van der Waals surface area contributed by atoms with E-state index in [4.69, 9.17) is 0 Å². The van der Waals surface area contributed by atoms with Crippen molar-refractivity contribution >= 4 is 28.5 Å². The molecule has 0 heterocycles. The molecule has 0 spiro atoms. The average Bonchev–Trinajstić information content (AvgIpc) is 2.28. The van der Waals surface area contributed by atoms with Gasteiger partial charge in [0.05, 0.1) is 5.56 Å². The predicted octanol–water partition coefficient (Wildman–Crippen LogP) is 3.16.